The highest BCUT2D eigenvalue weighted by atomic mass is 32.2. The second kappa shape index (κ2) is 9.99. The van der Waals surface area contributed by atoms with Gasteiger partial charge in [-0.05, 0) is 0 Å². The highest BCUT2D eigenvalue weighted by Crippen LogP contribution is 2.17. The predicted molar refractivity (Wildman–Crippen MR) is 64.6 cm³/mol. The molecule has 0 radical (unpaired) electrons. The van der Waals surface area contributed by atoms with Crippen molar-refractivity contribution in [2.24, 2.45) is 0 Å². The minimum absolute atomic E-state index is 0.344. The molecule has 0 aliphatic rings. The Morgan fingerprint density at radius 2 is 0.846 bits per heavy atom. The molecule has 0 spiro atoms. The van der Waals surface area contributed by atoms with Crippen molar-refractivity contribution in [3.8, 4) is 0 Å². The number of hydrogen-bond donors (Lipinski definition) is 2. The number of rotatable bonds is 2. The lowest BCUT2D eigenvalue weighted by atomic mass is 10.7. The number of carboxylic acid groups (broad SMARTS) is 2. The van der Waals surface area contributed by atoms with Gasteiger partial charge in [0.15, 0.2) is 0 Å². The van der Waals surface area contributed by atoms with Crippen LogP contribution in [0, 0.1) is 0 Å². The van der Waals surface area contributed by atoms with Crippen LogP contribution < -0.4 is 0 Å². The summed E-state index contributed by atoms with van der Waals surface area (Å²) >= 11 is 0. The minimum Gasteiger partial charge on any atom is -0.450 e. The Labute approximate surface area is 140 Å². The van der Waals surface area contributed by atoms with E-state index in [1.165, 1.54) is 0 Å². The Morgan fingerprint density at radius 3 is 0.885 bits per heavy atom. The van der Waals surface area contributed by atoms with Gasteiger partial charge in [0.2, 0.25) is 0 Å². The third-order valence-corrected chi connectivity index (χ3v) is 1.83. The SMILES string of the molecule is CS(=O)(=O)OC(=O)C(F)(F)F.CS(=O)(=O)OC(=O)C(F)(F)F.O=C(O)O. The van der Waals surface area contributed by atoms with E-state index in [4.69, 9.17) is 15.0 Å². The summed E-state index contributed by atoms with van der Waals surface area (Å²) in [5.74, 6) is -5.47. The summed E-state index contributed by atoms with van der Waals surface area (Å²) in [6.07, 6.45) is -11.7. The van der Waals surface area contributed by atoms with Gasteiger partial charge in [-0.15, -0.1) is 0 Å². The van der Waals surface area contributed by atoms with E-state index in [1.54, 1.807) is 0 Å². The molecule has 0 aromatic rings. The van der Waals surface area contributed by atoms with Crippen molar-refractivity contribution in [2.45, 2.75) is 12.4 Å². The highest BCUT2D eigenvalue weighted by Gasteiger charge is 2.43. The smallest absolute Gasteiger partial charge is 0.450 e. The van der Waals surface area contributed by atoms with Gasteiger partial charge in [-0.3, -0.25) is 0 Å². The number of halogens is 6. The quantitative estimate of drug-likeness (QED) is 0.441. The zero-order valence-corrected chi connectivity index (χ0v) is 13.8. The summed E-state index contributed by atoms with van der Waals surface area (Å²) in [6, 6.07) is 0. The summed E-state index contributed by atoms with van der Waals surface area (Å²) in [7, 11) is -8.75. The average Bonchev–Trinajstić information content (AvgIpc) is 2.21. The fourth-order valence-corrected chi connectivity index (χ4v) is 1.11. The van der Waals surface area contributed by atoms with Gasteiger partial charge in [0.05, 0.1) is 12.5 Å². The number of carbonyl (C=O) groups is 3. The Kier molecular flexibility index (Phi) is 10.9. The first-order valence-electron chi connectivity index (χ1n) is 4.92. The molecule has 2 N–H and O–H groups in total. The largest absolute Gasteiger partial charge is 0.503 e. The zero-order chi connectivity index (χ0) is 22.1. The molecule has 0 aliphatic carbocycles. The van der Waals surface area contributed by atoms with Crippen LogP contribution in [0.25, 0.3) is 0 Å². The molecule has 0 aromatic carbocycles. The Bertz CT molecular complexity index is 642. The van der Waals surface area contributed by atoms with Crippen LogP contribution >= 0.6 is 0 Å². The minimum atomic E-state index is -5.27. The summed E-state index contributed by atoms with van der Waals surface area (Å²) in [5, 5.41) is 13.9. The first kappa shape index (κ1) is 28.5. The molecule has 0 aliphatic heterocycles. The van der Waals surface area contributed by atoms with Crippen molar-refractivity contribution in [1.82, 2.24) is 0 Å². The van der Waals surface area contributed by atoms with Crippen molar-refractivity contribution in [3.63, 3.8) is 0 Å². The molecule has 11 nitrogen and oxygen atoms in total. The van der Waals surface area contributed by atoms with Gasteiger partial charge in [0, 0.05) is 0 Å². The third-order valence-electron chi connectivity index (χ3n) is 0.917. The van der Waals surface area contributed by atoms with Crippen LogP contribution in [0.3, 0.4) is 0 Å². The van der Waals surface area contributed by atoms with Crippen LogP contribution in [0.2, 0.25) is 0 Å². The van der Waals surface area contributed by atoms with E-state index < -0.39 is 50.7 Å². The average molecular weight is 446 g/mol. The first-order chi connectivity index (χ1) is 11.0. The van der Waals surface area contributed by atoms with Crippen molar-refractivity contribution in [1.29, 1.82) is 0 Å². The first-order valence-corrected chi connectivity index (χ1v) is 8.55. The summed E-state index contributed by atoms with van der Waals surface area (Å²) < 4.78 is 113. The van der Waals surface area contributed by atoms with Gasteiger partial charge in [-0.1, -0.05) is 0 Å². The monoisotopic (exact) mass is 446 g/mol. The van der Waals surface area contributed by atoms with Crippen LogP contribution in [0.5, 0.6) is 0 Å². The standard InChI is InChI=1S/2C3H3F3O4S.CH2O3/c2*1-11(8,9)10-2(7)3(4,5)6;2-1(3)4/h2*1H3;(H2,2,3,4). The summed E-state index contributed by atoms with van der Waals surface area (Å²) in [6.45, 7) is 0. The van der Waals surface area contributed by atoms with Crippen molar-refractivity contribution in [3.05, 3.63) is 0 Å². The second-order valence-electron chi connectivity index (χ2n) is 3.43. The fraction of sp³-hybridized carbons (Fsp3) is 0.571. The Hall–Kier alpha value is -2.31. The molecule has 0 saturated heterocycles. The summed E-state index contributed by atoms with van der Waals surface area (Å²) in [4.78, 5) is 28.1. The van der Waals surface area contributed by atoms with Crippen molar-refractivity contribution < 1.29 is 76.1 Å². The molecule has 0 atom stereocenters. The normalized spacial score (nSPS) is 11.7. The van der Waals surface area contributed by atoms with Crippen molar-refractivity contribution >= 4 is 38.3 Å². The van der Waals surface area contributed by atoms with E-state index >= 15 is 0 Å². The molecule has 19 heteroatoms. The molecule has 156 valence electrons. The van der Waals surface area contributed by atoms with Gasteiger partial charge in [0.25, 0.3) is 0 Å². The molecule has 0 amide bonds. The number of hydrogen-bond acceptors (Lipinski definition) is 9. The molecular weight excluding hydrogens is 438 g/mol. The van der Waals surface area contributed by atoms with E-state index in [9.17, 15) is 52.8 Å². The molecule has 0 heterocycles. The van der Waals surface area contributed by atoms with Gasteiger partial charge in [-0.2, -0.15) is 43.2 Å². The maximum absolute atomic E-state index is 11.2. The molecule has 0 unspecified atom stereocenters. The van der Waals surface area contributed by atoms with Gasteiger partial charge < -0.3 is 18.6 Å². The number of alkyl halides is 6. The van der Waals surface area contributed by atoms with Gasteiger partial charge >= 0.3 is 50.7 Å². The molecule has 0 fully saturated rings. The molecule has 0 bridgehead atoms. The van der Waals surface area contributed by atoms with Crippen LogP contribution in [0.15, 0.2) is 0 Å². The van der Waals surface area contributed by atoms with E-state index in [-0.39, 0.29) is 0 Å². The molecule has 0 aromatic heterocycles. The third kappa shape index (κ3) is 23.9. The zero-order valence-electron chi connectivity index (χ0n) is 12.2. The van der Waals surface area contributed by atoms with E-state index in [1.807, 2.05) is 0 Å². The topological polar surface area (TPSA) is 178 Å². The van der Waals surface area contributed by atoms with Crippen LogP contribution in [0.1, 0.15) is 0 Å². The lowest BCUT2D eigenvalue weighted by Crippen LogP contribution is -2.27. The lowest BCUT2D eigenvalue weighted by Gasteiger charge is -2.03. The maximum Gasteiger partial charge on any atom is 0.503 e. The Balaban J connectivity index is -0.000000338. The molecule has 26 heavy (non-hydrogen) atoms. The van der Waals surface area contributed by atoms with E-state index in [0.717, 1.165) is 0 Å². The van der Waals surface area contributed by atoms with Crippen LogP contribution in [-0.4, -0.2) is 70.0 Å². The summed E-state index contributed by atoms with van der Waals surface area (Å²) in [5.41, 5.74) is 0. The molecular formula is C7H8F6O11S2. The van der Waals surface area contributed by atoms with Crippen molar-refractivity contribution in [2.75, 3.05) is 12.5 Å². The predicted octanol–water partition coefficient (Wildman–Crippen LogP) is 0.325. The van der Waals surface area contributed by atoms with Gasteiger partial charge in [0.1, 0.15) is 0 Å². The molecule has 0 rings (SSSR count). The number of carbonyl (C=O) groups excluding carboxylic acids is 2. The van der Waals surface area contributed by atoms with E-state index in [0.29, 0.717) is 12.5 Å². The van der Waals surface area contributed by atoms with E-state index in [2.05, 4.69) is 8.37 Å². The highest BCUT2D eigenvalue weighted by molar-refractivity contribution is 7.86. The Morgan fingerprint density at radius 1 is 0.692 bits per heavy atom. The second-order valence-corrected chi connectivity index (χ2v) is 6.58. The molecule has 0 saturated carbocycles. The fourth-order valence-electron chi connectivity index (χ4n) is 0.369. The van der Waals surface area contributed by atoms with Gasteiger partial charge in [-0.25, -0.2) is 14.4 Å². The lowest BCUT2D eigenvalue weighted by molar-refractivity contribution is -0.189. The van der Waals surface area contributed by atoms with Crippen LogP contribution in [0.4, 0.5) is 31.1 Å². The van der Waals surface area contributed by atoms with Crippen LogP contribution in [-0.2, 0) is 38.2 Å². The maximum atomic E-state index is 11.2.